The summed E-state index contributed by atoms with van der Waals surface area (Å²) in [6.45, 7) is 3.86. The minimum atomic E-state index is -1.70. The van der Waals surface area contributed by atoms with Crippen molar-refractivity contribution < 1.29 is 52.6 Å². The minimum Gasteiger partial charge on any atom is -0.462 e. The van der Waals surface area contributed by atoms with E-state index < -0.39 is 75.7 Å². The maximum Gasteiger partial charge on any atom is 0.331 e. The Bertz CT molecular complexity index is 1810. The number of amides is 3. The van der Waals surface area contributed by atoms with Crippen molar-refractivity contribution in [3.8, 4) is 0 Å². The van der Waals surface area contributed by atoms with Gasteiger partial charge in [0.1, 0.15) is 11.4 Å². The first-order valence-corrected chi connectivity index (χ1v) is 16.8. The van der Waals surface area contributed by atoms with Crippen LogP contribution in [0, 0.1) is 10.1 Å². The summed E-state index contributed by atoms with van der Waals surface area (Å²) >= 11 is 0.989. The number of rotatable bonds is 14. The number of nitro groups is 1. The molecule has 5 atom stereocenters. The van der Waals surface area contributed by atoms with Crippen LogP contribution in [0.15, 0.2) is 84.9 Å². The number of imide groups is 1. The number of hydrogen-bond donors (Lipinski definition) is 0. The Morgan fingerprint density at radius 2 is 1.35 bits per heavy atom. The van der Waals surface area contributed by atoms with Crippen molar-refractivity contribution in [2.24, 2.45) is 0 Å². The number of hydrogen-bond acceptors (Lipinski definition) is 13. The van der Waals surface area contributed by atoms with Crippen molar-refractivity contribution in [1.82, 2.24) is 4.90 Å². The van der Waals surface area contributed by atoms with Gasteiger partial charge < -0.3 is 23.8 Å². The number of urea groups is 1. The molecule has 3 aromatic carbocycles. The Hall–Kier alpha value is -5.77. The van der Waals surface area contributed by atoms with E-state index in [1.54, 1.807) is 54.6 Å². The molecule has 0 radical (unpaired) electrons. The lowest BCUT2D eigenvalue weighted by Gasteiger charge is -2.33. The third-order valence-corrected chi connectivity index (χ3v) is 9.50. The molecule has 0 aromatic heterocycles. The molecule has 0 spiro atoms. The van der Waals surface area contributed by atoms with E-state index in [0.29, 0.717) is 5.56 Å². The zero-order valence-electron chi connectivity index (χ0n) is 29.0. The Kier molecular flexibility index (Phi) is 12.7. The van der Waals surface area contributed by atoms with Gasteiger partial charge in [-0.05, 0) is 23.3 Å². The number of esters is 4. The highest BCUT2D eigenvalue weighted by Gasteiger charge is 2.70. The van der Waals surface area contributed by atoms with E-state index in [2.05, 4.69) is 0 Å². The number of benzene rings is 3. The van der Waals surface area contributed by atoms with E-state index in [1.165, 1.54) is 24.1 Å². The van der Waals surface area contributed by atoms with Crippen molar-refractivity contribution in [3.63, 3.8) is 0 Å². The molecule has 1 aliphatic rings. The van der Waals surface area contributed by atoms with Crippen LogP contribution < -0.4 is 4.90 Å². The molecule has 0 N–H and O–H groups in total. The molecule has 0 unspecified atom stereocenters. The number of nitro benzene ring substituents is 1. The van der Waals surface area contributed by atoms with Crippen molar-refractivity contribution in [2.45, 2.75) is 62.5 Å². The van der Waals surface area contributed by atoms with Crippen LogP contribution in [0.3, 0.4) is 0 Å². The van der Waals surface area contributed by atoms with Gasteiger partial charge in [-0.15, -0.1) is 11.8 Å². The van der Waals surface area contributed by atoms with Crippen molar-refractivity contribution >= 4 is 59.0 Å². The Morgan fingerprint density at radius 1 is 0.788 bits per heavy atom. The summed E-state index contributed by atoms with van der Waals surface area (Å²) in [5, 5.41) is 10.4. The molecule has 52 heavy (non-hydrogen) atoms. The van der Waals surface area contributed by atoms with E-state index in [0.717, 1.165) is 62.1 Å². The van der Waals surface area contributed by atoms with Crippen LogP contribution in [0.5, 0.6) is 0 Å². The normalized spacial score (nSPS) is 17.7. The van der Waals surface area contributed by atoms with Crippen LogP contribution in [0.2, 0.25) is 0 Å². The number of ether oxygens (including phenoxy) is 4. The third-order valence-electron chi connectivity index (χ3n) is 7.84. The topological polar surface area (TPSA) is 189 Å². The smallest absolute Gasteiger partial charge is 0.331 e. The predicted molar refractivity (Wildman–Crippen MR) is 187 cm³/mol. The van der Waals surface area contributed by atoms with Gasteiger partial charge in [0.05, 0.1) is 15.9 Å². The van der Waals surface area contributed by atoms with Crippen molar-refractivity contribution in [1.29, 1.82) is 0 Å². The molecule has 1 saturated heterocycles. The molecule has 274 valence electrons. The fourth-order valence-electron chi connectivity index (χ4n) is 5.63. The number of nitrogens with zero attached hydrogens (tertiary/aromatic N) is 3. The van der Waals surface area contributed by atoms with Crippen molar-refractivity contribution in [3.05, 3.63) is 106 Å². The minimum absolute atomic E-state index is 0.00953. The Balaban J connectivity index is 1.88. The molecule has 1 heterocycles. The van der Waals surface area contributed by atoms with Crippen LogP contribution in [0.1, 0.15) is 38.8 Å². The quantitative estimate of drug-likeness (QED) is 0.0738. The van der Waals surface area contributed by atoms with Crippen LogP contribution >= 0.6 is 11.8 Å². The highest BCUT2D eigenvalue weighted by Crippen LogP contribution is 2.65. The molecule has 0 aliphatic carbocycles. The second kappa shape index (κ2) is 17.0. The van der Waals surface area contributed by atoms with Gasteiger partial charge in [-0.25, -0.2) is 9.69 Å². The first kappa shape index (κ1) is 39.0. The van der Waals surface area contributed by atoms with E-state index in [1.807, 2.05) is 6.07 Å². The SMILES string of the molecule is CC(=O)OC[C@@H](OC(C)=O)[C@@H](OC(C)=O)[C@H](OC(C)=O)[C@@H]1S[C@]1(C(=O)N(C(=O)N(C)Cc1ccccc1)c1ccc([N+](=O)[O-])cc1)c1ccccc1. The van der Waals surface area contributed by atoms with Gasteiger partial charge in [0, 0.05) is 53.4 Å². The highest BCUT2D eigenvalue weighted by molar-refractivity contribution is 8.09. The lowest BCUT2D eigenvalue weighted by Crippen LogP contribution is -2.54. The largest absolute Gasteiger partial charge is 0.462 e. The molecule has 3 amide bonds. The van der Waals surface area contributed by atoms with Gasteiger partial charge in [-0.1, -0.05) is 60.7 Å². The first-order valence-electron chi connectivity index (χ1n) is 15.9. The number of carbonyl (C=O) groups excluding carboxylic acids is 6. The molecule has 16 heteroatoms. The zero-order chi connectivity index (χ0) is 38.2. The van der Waals surface area contributed by atoms with Gasteiger partial charge in [-0.3, -0.25) is 34.1 Å². The van der Waals surface area contributed by atoms with Gasteiger partial charge >= 0.3 is 29.9 Å². The fraction of sp³-hybridized carbons (Fsp3) is 0.333. The monoisotopic (exact) mass is 735 g/mol. The summed E-state index contributed by atoms with van der Waals surface area (Å²) in [5.41, 5.74) is 0.869. The van der Waals surface area contributed by atoms with E-state index in [-0.39, 0.29) is 17.9 Å². The second-order valence-corrected chi connectivity index (χ2v) is 13.2. The molecule has 15 nitrogen and oxygen atoms in total. The van der Waals surface area contributed by atoms with E-state index in [4.69, 9.17) is 18.9 Å². The third kappa shape index (κ3) is 9.31. The summed E-state index contributed by atoms with van der Waals surface area (Å²) in [6, 6.07) is 21.4. The number of anilines is 1. The van der Waals surface area contributed by atoms with Crippen molar-refractivity contribution in [2.75, 3.05) is 18.6 Å². The molecule has 0 saturated carbocycles. The summed E-state index contributed by atoms with van der Waals surface area (Å²) in [5.74, 6) is -4.09. The second-order valence-electron chi connectivity index (χ2n) is 11.8. The maximum absolute atomic E-state index is 15.2. The fourth-order valence-corrected chi connectivity index (χ4v) is 7.14. The Morgan fingerprint density at radius 3 is 1.87 bits per heavy atom. The molecule has 3 aromatic rings. The molecular weight excluding hydrogens is 698 g/mol. The van der Waals surface area contributed by atoms with Crippen LogP contribution in [-0.2, 0) is 54.2 Å². The van der Waals surface area contributed by atoms with Gasteiger partial charge in [0.25, 0.3) is 11.6 Å². The summed E-state index contributed by atoms with van der Waals surface area (Å²) in [6.07, 6.45) is -4.58. The number of non-ortho nitro benzene ring substituents is 1. The molecule has 0 bridgehead atoms. The van der Waals surface area contributed by atoms with E-state index in [9.17, 15) is 34.1 Å². The molecule has 1 fully saturated rings. The van der Waals surface area contributed by atoms with Gasteiger partial charge in [0.2, 0.25) is 0 Å². The molecule has 4 rings (SSSR count). The lowest BCUT2D eigenvalue weighted by molar-refractivity contribution is -0.384. The highest BCUT2D eigenvalue weighted by atomic mass is 32.2. The molecular formula is C36H37N3O12S. The molecule has 1 aliphatic heterocycles. The Labute approximate surface area is 303 Å². The summed E-state index contributed by atoms with van der Waals surface area (Å²) in [4.78, 5) is 91.7. The average Bonchev–Trinajstić information content (AvgIpc) is 3.85. The van der Waals surface area contributed by atoms with Crippen LogP contribution in [0.25, 0.3) is 0 Å². The lowest BCUT2D eigenvalue weighted by atomic mass is 9.88. The number of thioether (sulfide) groups is 1. The van der Waals surface area contributed by atoms with Gasteiger partial charge in [0.15, 0.2) is 18.3 Å². The van der Waals surface area contributed by atoms with Crippen LogP contribution in [0.4, 0.5) is 16.2 Å². The van der Waals surface area contributed by atoms with E-state index >= 15 is 4.79 Å². The van der Waals surface area contributed by atoms with Gasteiger partial charge in [-0.2, -0.15) is 0 Å². The van der Waals surface area contributed by atoms with Crippen LogP contribution in [-0.4, -0.2) is 82.9 Å². The first-order chi connectivity index (χ1) is 24.6. The summed E-state index contributed by atoms with van der Waals surface area (Å²) < 4.78 is 20.1. The maximum atomic E-state index is 15.2. The summed E-state index contributed by atoms with van der Waals surface area (Å²) in [7, 11) is 1.49. The predicted octanol–water partition coefficient (Wildman–Crippen LogP) is 4.55. The standard InChI is InChI=1S/C36H37N3O12S/c1-22(40)48-21-30(49-23(2)41)31(50-24(3)42)32(51-25(4)43)33-36(52-33,27-14-10-7-11-15-27)34(44)38(28-16-18-29(19-17-28)39(46)47)35(45)37(5)20-26-12-8-6-9-13-26/h6-19,30-33H,20-21H2,1-5H3/t30-,31-,32+,33+,36-/m1/s1. The zero-order valence-corrected chi connectivity index (χ0v) is 29.8. The average molecular weight is 736 g/mol. The number of carbonyl (C=O) groups is 6.